The molecule has 19 nitrogen and oxygen atoms in total. The molecule has 21 heteroatoms. The highest BCUT2D eigenvalue weighted by Crippen LogP contribution is 2.34. The minimum Gasteiger partial charge on any atom is -0.478 e. The maximum Gasteiger partial charge on any atom is 0.337 e. The van der Waals surface area contributed by atoms with Gasteiger partial charge in [-0.1, -0.05) is 29.7 Å². The van der Waals surface area contributed by atoms with Crippen LogP contribution in [0.2, 0.25) is 0 Å². The zero-order chi connectivity index (χ0) is 49.0. The number of likely N-dealkylation sites (tertiary alicyclic amines) is 1. The van der Waals surface area contributed by atoms with Gasteiger partial charge in [-0.25, -0.2) is 40.6 Å². The summed E-state index contributed by atoms with van der Waals surface area (Å²) in [5.74, 6) is -1.42. The Hall–Kier alpha value is -6.94. The zero-order valence-corrected chi connectivity index (χ0v) is 40.3. The second-order valence-electron chi connectivity index (χ2n) is 16.9. The zero-order valence-electron chi connectivity index (χ0n) is 38.7. The topological polar surface area (TPSA) is 270 Å². The number of carboxylic acid groups (broad SMARTS) is 1. The number of rotatable bonds is 8. The van der Waals surface area contributed by atoms with Gasteiger partial charge in [-0.15, -0.1) is 0 Å². The predicted molar refractivity (Wildman–Crippen MR) is 253 cm³/mol. The van der Waals surface area contributed by atoms with Crippen molar-refractivity contribution in [3.8, 4) is 12.1 Å². The largest absolute Gasteiger partial charge is 0.478 e. The van der Waals surface area contributed by atoms with Crippen molar-refractivity contribution < 1.29 is 31.5 Å². The van der Waals surface area contributed by atoms with E-state index in [0.29, 0.717) is 40.9 Å². The second kappa shape index (κ2) is 20.3. The fraction of sp³-hybridized carbons (Fsp3) is 0.391. The van der Waals surface area contributed by atoms with Gasteiger partial charge in [0.25, 0.3) is 5.91 Å². The Bertz CT molecular complexity index is 3200. The molecule has 0 radical (unpaired) electrons. The van der Waals surface area contributed by atoms with Gasteiger partial charge in [0.1, 0.15) is 23.5 Å². The van der Waals surface area contributed by atoms with Crippen molar-refractivity contribution in [3.05, 3.63) is 116 Å². The average molecular weight is 951 g/mol. The van der Waals surface area contributed by atoms with Crippen LogP contribution in [0.3, 0.4) is 0 Å². The molecule has 2 aliphatic rings. The summed E-state index contributed by atoms with van der Waals surface area (Å²) in [6.07, 6.45) is 8.08. The third kappa shape index (κ3) is 11.7. The number of hydrogen-bond acceptors (Lipinski definition) is 13. The summed E-state index contributed by atoms with van der Waals surface area (Å²) in [5, 5.41) is 40.5. The number of aromatic carboxylic acids is 1. The number of sulfonamides is 2. The number of carbonyl (C=O) groups is 2. The van der Waals surface area contributed by atoms with Gasteiger partial charge in [0.15, 0.2) is 11.3 Å². The molecule has 0 unspecified atom stereocenters. The number of benzene rings is 2. The lowest BCUT2D eigenvalue weighted by atomic mass is 9.97. The number of amides is 1. The monoisotopic (exact) mass is 950 g/mol. The molecule has 8 rings (SSSR count). The minimum absolute atomic E-state index is 0.0552. The standard InChI is InChI=1S/C23H26N6O3S.C14H17N5.C9H11NO4S/c1-14-8-9-18(27-33(4,31)32)17(11-14)23(30)28-10-6-5-7-20(28)19-12-22-25-16(3)15(2)21(13-24)29(22)26-19;1-9-10(2)17-14-7-12(11-5-3-4-6-16-11)18-19(14)13(9)8-15;1-6-3-4-8(10-15(2,13)14)7(5-6)9(11)12/h8-9,11-12,20,27H,5-7,10H2,1-4H3;7,11,16H,3-6H2,1-2H3;3-5,10H,1-2H3,(H,11,12)/t20-;11-;/m00./s1. The van der Waals surface area contributed by atoms with Crippen molar-refractivity contribution in [2.45, 2.75) is 92.2 Å². The molecule has 2 aliphatic heterocycles. The summed E-state index contributed by atoms with van der Waals surface area (Å²) in [4.78, 5) is 35.3. The Kier molecular flexibility index (Phi) is 15.0. The van der Waals surface area contributed by atoms with E-state index < -0.39 is 26.0 Å². The summed E-state index contributed by atoms with van der Waals surface area (Å²) < 4.78 is 53.4. The molecule has 2 saturated heterocycles. The van der Waals surface area contributed by atoms with Crippen LogP contribution in [-0.4, -0.2) is 93.5 Å². The molecular formula is C46H54N12O7S2. The Morgan fingerprint density at radius 2 is 1.19 bits per heavy atom. The molecule has 6 aromatic rings. The van der Waals surface area contributed by atoms with E-state index in [1.807, 2.05) is 46.8 Å². The third-order valence-corrected chi connectivity index (χ3v) is 12.8. The summed E-state index contributed by atoms with van der Waals surface area (Å²) >= 11 is 0. The maximum absolute atomic E-state index is 13.7. The van der Waals surface area contributed by atoms with Gasteiger partial charge in [0, 0.05) is 41.2 Å². The summed E-state index contributed by atoms with van der Waals surface area (Å²) in [6, 6.07) is 17.8. The van der Waals surface area contributed by atoms with Gasteiger partial charge in [0.2, 0.25) is 20.0 Å². The number of hydrogen-bond donors (Lipinski definition) is 4. The van der Waals surface area contributed by atoms with Crippen LogP contribution >= 0.6 is 0 Å². The number of carbonyl (C=O) groups excluding carboxylic acids is 1. The van der Waals surface area contributed by atoms with Crippen LogP contribution in [-0.2, 0) is 20.0 Å². The second-order valence-corrected chi connectivity index (χ2v) is 20.4. The lowest BCUT2D eigenvalue weighted by Crippen LogP contribution is -2.39. The highest BCUT2D eigenvalue weighted by molar-refractivity contribution is 7.92. The summed E-state index contributed by atoms with van der Waals surface area (Å²) in [5.41, 5.74) is 9.54. The van der Waals surface area contributed by atoms with Gasteiger partial charge < -0.3 is 15.3 Å². The van der Waals surface area contributed by atoms with E-state index in [1.165, 1.54) is 29.5 Å². The Morgan fingerprint density at radius 1 is 0.701 bits per heavy atom. The van der Waals surface area contributed by atoms with Gasteiger partial charge in [-0.05, 0) is 104 Å². The normalized spacial score (nSPS) is 16.2. The number of aryl methyl sites for hydroxylation is 4. The molecule has 0 aliphatic carbocycles. The third-order valence-electron chi connectivity index (χ3n) is 11.6. The molecule has 352 valence electrons. The van der Waals surface area contributed by atoms with Crippen molar-refractivity contribution >= 4 is 54.6 Å². The molecule has 67 heavy (non-hydrogen) atoms. The van der Waals surface area contributed by atoms with E-state index in [1.54, 1.807) is 40.6 Å². The smallest absolute Gasteiger partial charge is 0.337 e. The Balaban J connectivity index is 0.000000184. The predicted octanol–water partition coefficient (Wildman–Crippen LogP) is 6.36. The van der Waals surface area contributed by atoms with Crippen molar-refractivity contribution in [2.75, 3.05) is 35.0 Å². The number of nitrogens with zero attached hydrogens (tertiary/aromatic N) is 9. The first-order valence-corrected chi connectivity index (χ1v) is 25.4. The SMILES string of the molecule is Cc1ccc(NS(C)(=O)=O)c(C(=O)N2CCCC[C@H]2c2cc3nc(C)c(C)c(C#N)n3n2)c1.Cc1ccc(NS(C)(=O)=O)c(C(=O)O)c1.Cc1nc2cc([C@@H]3CCCCN3)nn2c(C#N)c1C. The number of nitrogens with one attached hydrogen (secondary N) is 3. The number of piperidine rings is 2. The van der Waals surface area contributed by atoms with E-state index in [0.717, 1.165) is 89.7 Å². The number of fused-ring (bicyclic) bond motifs is 2. The van der Waals surface area contributed by atoms with E-state index >= 15 is 0 Å². The molecule has 6 heterocycles. The lowest BCUT2D eigenvalue weighted by Gasteiger charge is -2.35. The molecule has 0 saturated carbocycles. The molecule has 2 atom stereocenters. The van der Waals surface area contributed by atoms with E-state index in [9.17, 15) is 36.9 Å². The highest BCUT2D eigenvalue weighted by Gasteiger charge is 2.33. The van der Waals surface area contributed by atoms with Gasteiger partial charge in [-0.2, -0.15) is 20.7 Å². The first-order valence-electron chi connectivity index (χ1n) is 21.6. The van der Waals surface area contributed by atoms with Gasteiger partial charge in [0.05, 0.1) is 58.5 Å². The van der Waals surface area contributed by atoms with Crippen LogP contribution in [0.15, 0.2) is 48.5 Å². The molecule has 0 spiro atoms. The minimum atomic E-state index is -3.55. The van der Waals surface area contributed by atoms with Crippen LogP contribution in [0.4, 0.5) is 11.4 Å². The molecule has 2 aromatic carbocycles. The molecular weight excluding hydrogens is 897 g/mol. The van der Waals surface area contributed by atoms with Gasteiger partial charge >= 0.3 is 5.97 Å². The van der Waals surface area contributed by atoms with Crippen molar-refractivity contribution in [1.29, 1.82) is 10.5 Å². The van der Waals surface area contributed by atoms with Crippen LogP contribution in [0.5, 0.6) is 0 Å². The molecule has 0 bridgehead atoms. The Morgan fingerprint density at radius 3 is 1.69 bits per heavy atom. The lowest BCUT2D eigenvalue weighted by molar-refractivity contribution is 0.0606. The average Bonchev–Trinajstić information content (AvgIpc) is 3.90. The van der Waals surface area contributed by atoms with Crippen LogP contribution in [0.25, 0.3) is 11.3 Å². The molecule has 4 aromatic heterocycles. The Labute approximate surface area is 390 Å². The fourth-order valence-corrected chi connectivity index (χ4v) is 9.18. The fourth-order valence-electron chi connectivity index (χ4n) is 8.02. The number of carboxylic acids is 1. The quantitative estimate of drug-likeness (QED) is 0.129. The first kappa shape index (κ1) is 49.5. The van der Waals surface area contributed by atoms with Gasteiger partial charge in [-0.3, -0.25) is 14.2 Å². The van der Waals surface area contributed by atoms with E-state index in [4.69, 9.17) is 5.11 Å². The van der Waals surface area contributed by atoms with Crippen molar-refractivity contribution in [2.24, 2.45) is 0 Å². The molecule has 4 N–H and O–H groups in total. The highest BCUT2D eigenvalue weighted by atomic mass is 32.2. The van der Waals surface area contributed by atoms with E-state index in [-0.39, 0.29) is 28.9 Å². The van der Waals surface area contributed by atoms with E-state index in [2.05, 4.69) is 47.1 Å². The number of aromatic nitrogens is 6. The maximum atomic E-state index is 13.7. The van der Waals surface area contributed by atoms with Crippen LogP contribution in [0, 0.1) is 64.2 Å². The first-order chi connectivity index (χ1) is 31.6. The molecule has 1 amide bonds. The summed E-state index contributed by atoms with van der Waals surface area (Å²) in [6.45, 7) is 12.7. The summed E-state index contributed by atoms with van der Waals surface area (Å²) in [7, 11) is -7.01. The van der Waals surface area contributed by atoms with Crippen LogP contribution in [0.1, 0.15) is 128 Å². The van der Waals surface area contributed by atoms with Crippen molar-refractivity contribution in [3.63, 3.8) is 0 Å². The van der Waals surface area contributed by atoms with Crippen LogP contribution < -0.4 is 14.8 Å². The van der Waals surface area contributed by atoms with Crippen molar-refractivity contribution in [1.82, 2.24) is 39.4 Å². The number of nitriles is 2. The number of anilines is 2. The molecule has 2 fully saturated rings.